The van der Waals surface area contributed by atoms with Gasteiger partial charge in [0.1, 0.15) is 17.3 Å². The van der Waals surface area contributed by atoms with Gasteiger partial charge in [0.25, 0.3) is 0 Å². The number of nitrogens with two attached hydrogens (primary N) is 1. The number of amidine groups is 1. The summed E-state index contributed by atoms with van der Waals surface area (Å²) >= 11 is 15.2. The first-order chi connectivity index (χ1) is 8.97. The van der Waals surface area contributed by atoms with Gasteiger partial charge in [-0.3, -0.25) is 5.41 Å². The molecule has 0 atom stereocenters. The van der Waals surface area contributed by atoms with Gasteiger partial charge in [-0.2, -0.15) is 0 Å². The Morgan fingerprint density at radius 1 is 1.11 bits per heavy atom. The Bertz CT molecular complexity index is 647. The molecule has 0 heterocycles. The minimum atomic E-state index is -0.0763. The molecule has 0 unspecified atom stereocenters. The van der Waals surface area contributed by atoms with Crippen molar-refractivity contribution in [3.63, 3.8) is 0 Å². The third kappa shape index (κ3) is 3.41. The monoisotopic (exact) mass is 358 g/mol. The number of nitrogens with one attached hydrogen (secondary N) is 1. The van der Waals surface area contributed by atoms with Gasteiger partial charge >= 0.3 is 0 Å². The Balaban J connectivity index is 2.42. The maximum atomic E-state index is 7.53. The first kappa shape index (κ1) is 14.2. The molecule has 0 aliphatic rings. The lowest BCUT2D eigenvalue weighted by molar-refractivity contribution is 0.481. The molecule has 2 aromatic carbocycles. The van der Waals surface area contributed by atoms with Crippen LogP contribution in [-0.2, 0) is 0 Å². The van der Waals surface area contributed by atoms with E-state index in [1.54, 1.807) is 36.4 Å². The Kier molecular flexibility index (Phi) is 4.34. The largest absolute Gasteiger partial charge is 0.455 e. The summed E-state index contributed by atoms with van der Waals surface area (Å²) in [6.45, 7) is 0. The van der Waals surface area contributed by atoms with E-state index in [0.717, 1.165) is 4.47 Å². The quantitative estimate of drug-likeness (QED) is 0.608. The highest BCUT2D eigenvalue weighted by Crippen LogP contribution is 2.34. The number of nitrogen functional groups attached to an aromatic ring is 1. The average molecular weight is 360 g/mol. The van der Waals surface area contributed by atoms with E-state index >= 15 is 0 Å². The maximum absolute atomic E-state index is 7.53. The van der Waals surface area contributed by atoms with Crippen molar-refractivity contribution in [1.82, 2.24) is 0 Å². The van der Waals surface area contributed by atoms with Gasteiger partial charge in [-0.1, -0.05) is 39.1 Å². The molecule has 3 N–H and O–H groups in total. The Labute approximate surface area is 128 Å². The van der Waals surface area contributed by atoms with Gasteiger partial charge in [0.15, 0.2) is 0 Å². The van der Waals surface area contributed by atoms with Crippen molar-refractivity contribution >= 4 is 45.0 Å². The van der Waals surface area contributed by atoms with Gasteiger partial charge in [-0.15, -0.1) is 0 Å². The molecular weight excluding hydrogens is 351 g/mol. The molecule has 0 amide bonds. The summed E-state index contributed by atoms with van der Waals surface area (Å²) in [5.74, 6) is 0.824. The van der Waals surface area contributed by atoms with Crippen molar-refractivity contribution in [2.45, 2.75) is 0 Å². The third-order valence-electron chi connectivity index (χ3n) is 2.35. The Morgan fingerprint density at radius 3 is 2.47 bits per heavy atom. The van der Waals surface area contributed by atoms with Crippen molar-refractivity contribution in [2.24, 2.45) is 5.73 Å². The summed E-state index contributed by atoms with van der Waals surface area (Å²) in [7, 11) is 0. The van der Waals surface area contributed by atoms with Crippen LogP contribution in [0, 0.1) is 5.41 Å². The van der Waals surface area contributed by atoms with Crippen LogP contribution >= 0.6 is 39.1 Å². The zero-order valence-electron chi connectivity index (χ0n) is 9.58. The minimum absolute atomic E-state index is 0.0763. The van der Waals surface area contributed by atoms with Crippen LogP contribution in [0.15, 0.2) is 40.9 Å². The van der Waals surface area contributed by atoms with Crippen LogP contribution in [0.25, 0.3) is 0 Å². The fourth-order valence-corrected chi connectivity index (χ4v) is 2.27. The lowest BCUT2D eigenvalue weighted by Crippen LogP contribution is -2.12. The lowest BCUT2D eigenvalue weighted by atomic mass is 10.2. The second-order valence-electron chi connectivity index (χ2n) is 3.73. The molecule has 0 saturated carbocycles. The molecular formula is C13H9BrCl2N2O. The van der Waals surface area contributed by atoms with Gasteiger partial charge in [0.05, 0.1) is 10.6 Å². The topological polar surface area (TPSA) is 59.1 Å². The highest BCUT2D eigenvalue weighted by atomic mass is 79.9. The number of rotatable bonds is 3. The molecule has 0 fully saturated rings. The van der Waals surface area contributed by atoms with Gasteiger partial charge in [0.2, 0.25) is 0 Å². The Morgan fingerprint density at radius 2 is 1.84 bits per heavy atom. The number of hydrogen-bond donors (Lipinski definition) is 2. The summed E-state index contributed by atoms with van der Waals surface area (Å²) in [5.41, 5.74) is 6.01. The standard InChI is InChI=1S/C13H9BrCl2N2O/c14-7-1-3-9(13(17)18)12(5-7)19-11-4-2-8(15)6-10(11)16/h1-6H,(H3,17,18). The molecule has 6 heteroatoms. The summed E-state index contributed by atoms with van der Waals surface area (Å²) in [5, 5.41) is 8.45. The first-order valence-corrected chi connectivity index (χ1v) is 6.79. The molecule has 0 aliphatic heterocycles. The van der Waals surface area contributed by atoms with Gasteiger partial charge in [-0.25, -0.2) is 0 Å². The number of halogens is 3. The fourth-order valence-electron chi connectivity index (χ4n) is 1.48. The van der Waals surface area contributed by atoms with E-state index in [-0.39, 0.29) is 5.84 Å². The molecule has 0 bridgehead atoms. The second-order valence-corrected chi connectivity index (χ2v) is 5.49. The molecule has 0 saturated heterocycles. The van der Waals surface area contributed by atoms with Crippen LogP contribution in [-0.4, -0.2) is 5.84 Å². The highest BCUT2D eigenvalue weighted by molar-refractivity contribution is 9.10. The van der Waals surface area contributed by atoms with E-state index in [0.29, 0.717) is 27.1 Å². The van der Waals surface area contributed by atoms with Crippen molar-refractivity contribution in [3.8, 4) is 11.5 Å². The highest BCUT2D eigenvalue weighted by Gasteiger charge is 2.10. The fraction of sp³-hybridized carbons (Fsp3) is 0. The summed E-state index contributed by atoms with van der Waals surface area (Å²) in [6, 6.07) is 10.1. The molecule has 0 aliphatic carbocycles. The van der Waals surface area contributed by atoms with Crippen molar-refractivity contribution in [1.29, 1.82) is 5.41 Å². The predicted octanol–water partition coefficient (Wildman–Crippen LogP) is 4.83. The Hall–Kier alpha value is -1.23. The molecule has 2 aromatic rings. The lowest BCUT2D eigenvalue weighted by Gasteiger charge is -2.12. The van der Waals surface area contributed by atoms with Crippen molar-refractivity contribution < 1.29 is 4.74 Å². The van der Waals surface area contributed by atoms with E-state index < -0.39 is 0 Å². The van der Waals surface area contributed by atoms with Crippen LogP contribution < -0.4 is 10.5 Å². The number of hydrogen-bond acceptors (Lipinski definition) is 2. The molecule has 0 aromatic heterocycles. The maximum Gasteiger partial charge on any atom is 0.146 e. The van der Waals surface area contributed by atoms with Gasteiger partial charge in [-0.05, 0) is 36.4 Å². The van der Waals surface area contributed by atoms with E-state index in [2.05, 4.69) is 15.9 Å². The van der Waals surface area contributed by atoms with Gasteiger partial charge < -0.3 is 10.5 Å². The minimum Gasteiger partial charge on any atom is -0.455 e. The predicted molar refractivity (Wildman–Crippen MR) is 81.7 cm³/mol. The first-order valence-electron chi connectivity index (χ1n) is 5.24. The summed E-state index contributed by atoms with van der Waals surface area (Å²) < 4.78 is 6.51. The zero-order chi connectivity index (χ0) is 14.0. The number of benzene rings is 2. The zero-order valence-corrected chi connectivity index (χ0v) is 12.7. The number of ether oxygens (including phenoxy) is 1. The van der Waals surface area contributed by atoms with E-state index in [9.17, 15) is 0 Å². The molecule has 0 spiro atoms. The van der Waals surface area contributed by atoms with Crippen LogP contribution in [0.1, 0.15) is 5.56 Å². The van der Waals surface area contributed by atoms with Crippen molar-refractivity contribution in [3.05, 3.63) is 56.5 Å². The summed E-state index contributed by atoms with van der Waals surface area (Å²) in [4.78, 5) is 0. The molecule has 98 valence electrons. The smallest absolute Gasteiger partial charge is 0.146 e. The van der Waals surface area contributed by atoms with Gasteiger partial charge in [0, 0.05) is 9.50 Å². The van der Waals surface area contributed by atoms with Crippen LogP contribution in [0.5, 0.6) is 11.5 Å². The third-order valence-corrected chi connectivity index (χ3v) is 3.37. The summed E-state index contributed by atoms with van der Waals surface area (Å²) in [6.07, 6.45) is 0. The van der Waals surface area contributed by atoms with Crippen molar-refractivity contribution in [2.75, 3.05) is 0 Å². The second kappa shape index (κ2) is 5.82. The van der Waals surface area contributed by atoms with Crippen LogP contribution in [0.3, 0.4) is 0 Å². The van der Waals surface area contributed by atoms with E-state index in [1.165, 1.54) is 0 Å². The van der Waals surface area contributed by atoms with Crippen LogP contribution in [0.4, 0.5) is 0 Å². The molecule has 19 heavy (non-hydrogen) atoms. The van der Waals surface area contributed by atoms with Crippen LogP contribution in [0.2, 0.25) is 10.0 Å². The SMILES string of the molecule is N=C(N)c1ccc(Br)cc1Oc1ccc(Cl)cc1Cl. The molecule has 3 nitrogen and oxygen atoms in total. The average Bonchev–Trinajstić information content (AvgIpc) is 2.32. The molecule has 2 rings (SSSR count). The normalized spacial score (nSPS) is 10.3. The van der Waals surface area contributed by atoms with E-state index in [4.69, 9.17) is 39.1 Å². The van der Waals surface area contributed by atoms with E-state index in [1.807, 2.05) is 0 Å². The molecule has 0 radical (unpaired) electrons.